The molecule has 1 saturated heterocycles. The number of halogens is 1. The van der Waals surface area contributed by atoms with E-state index in [1.165, 1.54) is 31.4 Å². The lowest BCUT2D eigenvalue weighted by atomic mass is 10.0. The number of nitrogens with zero attached hydrogens (tertiary/aromatic N) is 1. The summed E-state index contributed by atoms with van der Waals surface area (Å²) in [7, 11) is 1.72. The van der Waals surface area contributed by atoms with Crippen LogP contribution in [0.3, 0.4) is 0 Å². The molecule has 1 aliphatic heterocycles. The molecule has 0 aliphatic carbocycles. The van der Waals surface area contributed by atoms with Crippen LogP contribution in [-0.4, -0.2) is 37.7 Å². The first-order valence-electron chi connectivity index (χ1n) is 7.51. The Kier molecular flexibility index (Phi) is 6.33. The number of likely N-dealkylation sites (N-methyl/N-ethyl adjacent to an activating group) is 1. The molecule has 1 fully saturated rings. The highest BCUT2D eigenvalue weighted by Crippen LogP contribution is 2.24. The summed E-state index contributed by atoms with van der Waals surface area (Å²) in [5.41, 5.74) is 1.29. The molecule has 1 N–H and O–H groups in total. The third-order valence-electron chi connectivity index (χ3n) is 3.99. The zero-order chi connectivity index (χ0) is 14.4. The summed E-state index contributed by atoms with van der Waals surface area (Å²) < 4.78 is 6.48. The second-order valence-corrected chi connectivity index (χ2v) is 6.29. The molecule has 4 heteroatoms. The standard InChI is InChI=1S/C16H25BrN2O/c1-3-19(12-14-6-4-5-9-18-14)11-13-10-15(20-2)7-8-16(13)17/h7-8,10,14,18H,3-6,9,11-12H2,1-2H3. The van der Waals surface area contributed by atoms with Crippen molar-refractivity contribution in [2.24, 2.45) is 0 Å². The van der Waals surface area contributed by atoms with Crippen molar-refractivity contribution in [1.29, 1.82) is 0 Å². The van der Waals surface area contributed by atoms with Gasteiger partial charge in [0.25, 0.3) is 0 Å². The van der Waals surface area contributed by atoms with E-state index < -0.39 is 0 Å². The number of piperidine rings is 1. The Bertz CT molecular complexity index is 419. The minimum atomic E-state index is 0.646. The zero-order valence-electron chi connectivity index (χ0n) is 12.5. The van der Waals surface area contributed by atoms with Crippen molar-refractivity contribution in [3.63, 3.8) is 0 Å². The number of benzene rings is 1. The number of methoxy groups -OCH3 is 1. The largest absolute Gasteiger partial charge is 0.497 e. The summed E-state index contributed by atoms with van der Waals surface area (Å²) in [5.74, 6) is 0.926. The minimum Gasteiger partial charge on any atom is -0.497 e. The first-order valence-corrected chi connectivity index (χ1v) is 8.30. The fraction of sp³-hybridized carbons (Fsp3) is 0.625. The second-order valence-electron chi connectivity index (χ2n) is 5.43. The lowest BCUT2D eigenvalue weighted by molar-refractivity contribution is 0.226. The Morgan fingerprint density at radius 2 is 2.25 bits per heavy atom. The molecule has 20 heavy (non-hydrogen) atoms. The van der Waals surface area contributed by atoms with Gasteiger partial charge >= 0.3 is 0 Å². The van der Waals surface area contributed by atoms with Gasteiger partial charge in [0.2, 0.25) is 0 Å². The molecular weight excluding hydrogens is 316 g/mol. The van der Waals surface area contributed by atoms with Crippen LogP contribution in [0, 0.1) is 0 Å². The van der Waals surface area contributed by atoms with Crippen LogP contribution >= 0.6 is 15.9 Å². The molecule has 112 valence electrons. The maximum Gasteiger partial charge on any atom is 0.119 e. The number of hydrogen-bond donors (Lipinski definition) is 1. The van der Waals surface area contributed by atoms with Gasteiger partial charge in [0.1, 0.15) is 5.75 Å². The van der Waals surface area contributed by atoms with Crippen molar-refractivity contribution in [2.75, 3.05) is 26.7 Å². The van der Waals surface area contributed by atoms with Crippen molar-refractivity contribution >= 4 is 15.9 Å². The van der Waals surface area contributed by atoms with E-state index in [1.54, 1.807) is 7.11 Å². The number of rotatable bonds is 6. The van der Waals surface area contributed by atoms with E-state index >= 15 is 0 Å². The summed E-state index contributed by atoms with van der Waals surface area (Å²) in [6.45, 7) is 6.57. The first-order chi connectivity index (χ1) is 9.72. The van der Waals surface area contributed by atoms with Crippen molar-refractivity contribution in [1.82, 2.24) is 10.2 Å². The SMILES string of the molecule is CCN(Cc1cc(OC)ccc1Br)CC1CCCCN1. The van der Waals surface area contributed by atoms with Gasteiger partial charge in [-0.05, 0) is 49.7 Å². The Balaban J connectivity index is 1.98. The fourth-order valence-electron chi connectivity index (χ4n) is 2.74. The summed E-state index contributed by atoms with van der Waals surface area (Å²) in [4.78, 5) is 2.50. The number of ether oxygens (including phenoxy) is 1. The van der Waals surface area contributed by atoms with E-state index in [4.69, 9.17) is 4.74 Å². The van der Waals surface area contributed by atoms with E-state index in [-0.39, 0.29) is 0 Å². The first kappa shape index (κ1) is 15.8. The monoisotopic (exact) mass is 340 g/mol. The van der Waals surface area contributed by atoms with Crippen molar-refractivity contribution in [3.05, 3.63) is 28.2 Å². The third kappa shape index (κ3) is 4.47. The quantitative estimate of drug-likeness (QED) is 0.858. The predicted octanol–water partition coefficient (Wildman–Crippen LogP) is 3.42. The second kappa shape index (κ2) is 8.01. The fourth-order valence-corrected chi connectivity index (χ4v) is 3.11. The number of nitrogens with one attached hydrogen (secondary N) is 1. The molecule has 0 radical (unpaired) electrons. The van der Waals surface area contributed by atoms with Crippen LogP contribution < -0.4 is 10.1 Å². The molecule has 0 saturated carbocycles. The zero-order valence-corrected chi connectivity index (χ0v) is 14.1. The lowest BCUT2D eigenvalue weighted by Gasteiger charge is -2.30. The summed E-state index contributed by atoms with van der Waals surface area (Å²) in [6.07, 6.45) is 3.98. The molecule has 1 heterocycles. The molecule has 1 unspecified atom stereocenters. The van der Waals surface area contributed by atoms with Crippen LogP contribution in [-0.2, 0) is 6.54 Å². The minimum absolute atomic E-state index is 0.646. The predicted molar refractivity (Wildman–Crippen MR) is 87.3 cm³/mol. The van der Waals surface area contributed by atoms with Crippen molar-refractivity contribution in [2.45, 2.75) is 38.8 Å². The lowest BCUT2D eigenvalue weighted by Crippen LogP contribution is -2.43. The molecule has 1 atom stereocenters. The molecule has 0 aromatic heterocycles. The molecule has 1 aromatic rings. The molecule has 1 aliphatic rings. The van der Waals surface area contributed by atoms with Gasteiger partial charge in [-0.2, -0.15) is 0 Å². The Labute approximate surface area is 130 Å². The van der Waals surface area contributed by atoms with Gasteiger partial charge in [-0.25, -0.2) is 0 Å². The van der Waals surface area contributed by atoms with Gasteiger partial charge in [0, 0.05) is 23.6 Å². The maximum absolute atomic E-state index is 5.32. The van der Waals surface area contributed by atoms with Gasteiger partial charge < -0.3 is 10.1 Å². The van der Waals surface area contributed by atoms with E-state index in [0.29, 0.717) is 6.04 Å². The van der Waals surface area contributed by atoms with Crippen LogP contribution in [0.1, 0.15) is 31.7 Å². The van der Waals surface area contributed by atoms with Crippen molar-refractivity contribution < 1.29 is 4.74 Å². The maximum atomic E-state index is 5.32. The van der Waals surface area contributed by atoms with Gasteiger partial charge in [-0.15, -0.1) is 0 Å². The normalized spacial score (nSPS) is 19.3. The Hall–Kier alpha value is -0.580. The topological polar surface area (TPSA) is 24.5 Å². The van der Waals surface area contributed by atoms with E-state index in [2.05, 4.69) is 45.2 Å². The highest BCUT2D eigenvalue weighted by molar-refractivity contribution is 9.10. The molecule has 0 amide bonds. The number of hydrogen-bond acceptors (Lipinski definition) is 3. The average molecular weight is 341 g/mol. The molecule has 0 spiro atoms. The highest BCUT2D eigenvalue weighted by Gasteiger charge is 2.16. The molecular formula is C16H25BrN2O. The smallest absolute Gasteiger partial charge is 0.119 e. The van der Waals surface area contributed by atoms with Gasteiger partial charge in [-0.1, -0.05) is 29.3 Å². The molecule has 3 nitrogen and oxygen atoms in total. The summed E-state index contributed by atoms with van der Waals surface area (Å²) >= 11 is 3.64. The van der Waals surface area contributed by atoms with Crippen LogP contribution in [0.4, 0.5) is 0 Å². The van der Waals surface area contributed by atoms with Crippen molar-refractivity contribution in [3.8, 4) is 5.75 Å². The van der Waals surface area contributed by atoms with Crippen LogP contribution in [0.5, 0.6) is 5.75 Å². The van der Waals surface area contributed by atoms with Gasteiger partial charge in [0.05, 0.1) is 7.11 Å². The van der Waals surface area contributed by atoms with Gasteiger partial charge in [-0.3, -0.25) is 4.90 Å². The van der Waals surface area contributed by atoms with Gasteiger partial charge in [0.15, 0.2) is 0 Å². The van der Waals surface area contributed by atoms with Crippen LogP contribution in [0.2, 0.25) is 0 Å². The van der Waals surface area contributed by atoms with E-state index in [0.717, 1.165) is 29.9 Å². The average Bonchev–Trinajstić information content (AvgIpc) is 2.49. The third-order valence-corrected chi connectivity index (χ3v) is 4.76. The van der Waals surface area contributed by atoms with Crippen LogP contribution in [0.15, 0.2) is 22.7 Å². The van der Waals surface area contributed by atoms with Crippen LogP contribution in [0.25, 0.3) is 0 Å². The molecule has 1 aromatic carbocycles. The molecule has 0 bridgehead atoms. The summed E-state index contributed by atoms with van der Waals surface area (Å²) in [6, 6.07) is 6.84. The Morgan fingerprint density at radius 1 is 1.40 bits per heavy atom. The Morgan fingerprint density at radius 3 is 2.90 bits per heavy atom. The van der Waals surface area contributed by atoms with E-state index in [1.807, 2.05) is 6.07 Å². The van der Waals surface area contributed by atoms with E-state index in [9.17, 15) is 0 Å². The summed E-state index contributed by atoms with van der Waals surface area (Å²) in [5, 5.41) is 3.63. The highest BCUT2D eigenvalue weighted by atomic mass is 79.9. The molecule has 2 rings (SSSR count).